The van der Waals surface area contributed by atoms with Crippen LogP contribution < -0.4 is 5.32 Å². The van der Waals surface area contributed by atoms with Crippen molar-refractivity contribution in [1.29, 1.82) is 0 Å². The predicted octanol–water partition coefficient (Wildman–Crippen LogP) is 1.97. The van der Waals surface area contributed by atoms with Crippen molar-refractivity contribution in [1.82, 2.24) is 5.32 Å². The summed E-state index contributed by atoms with van der Waals surface area (Å²) < 4.78 is 4.74. The maximum absolute atomic E-state index is 10.9. The maximum Gasteiger partial charge on any atom is 0.411 e. The van der Waals surface area contributed by atoms with E-state index in [9.17, 15) is 4.79 Å². The van der Waals surface area contributed by atoms with Gasteiger partial charge in [-0.2, -0.15) is 0 Å². The van der Waals surface area contributed by atoms with Crippen molar-refractivity contribution in [3.8, 4) is 0 Å². The van der Waals surface area contributed by atoms with Gasteiger partial charge in [0.25, 0.3) is 0 Å². The van der Waals surface area contributed by atoms with E-state index in [1.54, 1.807) is 6.08 Å². The summed E-state index contributed by atoms with van der Waals surface area (Å²) in [5.41, 5.74) is 0.976. The van der Waals surface area contributed by atoms with Crippen molar-refractivity contribution < 1.29 is 9.53 Å². The van der Waals surface area contributed by atoms with Crippen LogP contribution in [-0.2, 0) is 4.74 Å². The highest BCUT2D eigenvalue weighted by molar-refractivity contribution is 5.69. The smallest absolute Gasteiger partial charge is 0.411 e. The molecule has 3 heteroatoms. The number of hydrogen-bond acceptors (Lipinski definition) is 2. The highest BCUT2D eigenvalue weighted by atomic mass is 16.5. The topological polar surface area (TPSA) is 38.3 Å². The molecule has 1 N–H and O–H groups in total. The molecule has 0 bridgehead atoms. The first-order valence-corrected chi connectivity index (χ1v) is 4.06. The SMILES string of the molecule is C=CCOC(=O)NC1=CCCC1. The molecule has 0 aromatic rings. The Bertz CT molecular complexity index is 209. The number of alkyl carbamates (subject to hydrolysis) is 1. The lowest BCUT2D eigenvalue weighted by molar-refractivity contribution is 0.161. The molecule has 0 spiro atoms. The van der Waals surface area contributed by atoms with Crippen LogP contribution in [0.2, 0.25) is 0 Å². The highest BCUT2D eigenvalue weighted by Gasteiger charge is 2.07. The van der Waals surface area contributed by atoms with Gasteiger partial charge in [-0.05, 0) is 19.3 Å². The molecule has 0 aromatic heterocycles. The summed E-state index contributed by atoms with van der Waals surface area (Å²) in [7, 11) is 0. The largest absolute Gasteiger partial charge is 0.445 e. The third-order valence-electron chi connectivity index (χ3n) is 1.64. The molecule has 0 aliphatic heterocycles. The Morgan fingerprint density at radius 2 is 2.67 bits per heavy atom. The number of amides is 1. The average Bonchev–Trinajstić information content (AvgIpc) is 2.53. The Labute approximate surface area is 72.1 Å². The van der Waals surface area contributed by atoms with E-state index in [0.717, 1.165) is 25.0 Å². The van der Waals surface area contributed by atoms with E-state index in [0.29, 0.717) is 0 Å². The normalized spacial score (nSPS) is 15.2. The average molecular weight is 167 g/mol. The summed E-state index contributed by atoms with van der Waals surface area (Å²) in [5, 5.41) is 2.67. The van der Waals surface area contributed by atoms with Gasteiger partial charge in [0.05, 0.1) is 0 Å². The van der Waals surface area contributed by atoms with Crippen LogP contribution in [0.15, 0.2) is 24.4 Å². The van der Waals surface area contributed by atoms with Gasteiger partial charge in [-0.3, -0.25) is 5.32 Å². The predicted molar refractivity (Wildman–Crippen MR) is 46.6 cm³/mol. The Kier molecular flexibility index (Phi) is 3.38. The van der Waals surface area contributed by atoms with Gasteiger partial charge >= 0.3 is 6.09 Å². The molecular weight excluding hydrogens is 154 g/mol. The number of carbonyl (C=O) groups excluding carboxylic acids is 1. The van der Waals surface area contributed by atoms with Crippen LogP contribution in [0.3, 0.4) is 0 Å². The molecule has 1 rings (SSSR count). The second kappa shape index (κ2) is 4.59. The summed E-state index contributed by atoms with van der Waals surface area (Å²) in [6.07, 6.45) is 6.30. The minimum Gasteiger partial charge on any atom is -0.445 e. The second-order valence-electron chi connectivity index (χ2n) is 2.63. The van der Waals surface area contributed by atoms with Crippen molar-refractivity contribution >= 4 is 6.09 Å². The number of carbonyl (C=O) groups is 1. The van der Waals surface area contributed by atoms with E-state index < -0.39 is 0 Å². The van der Waals surface area contributed by atoms with Gasteiger partial charge in [0, 0.05) is 5.70 Å². The molecule has 0 atom stereocenters. The zero-order chi connectivity index (χ0) is 8.81. The lowest BCUT2D eigenvalue weighted by Crippen LogP contribution is -2.22. The maximum atomic E-state index is 10.9. The van der Waals surface area contributed by atoms with E-state index in [1.165, 1.54) is 0 Å². The standard InChI is InChI=1S/C9H13NO2/c1-2-7-12-9(11)10-8-5-3-4-6-8/h2,5H,1,3-4,6-7H2,(H,10,11). The fourth-order valence-electron chi connectivity index (χ4n) is 1.09. The van der Waals surface area contributed by atoms with Crippen molar-refractivity contribution in [2.75, 3.05) is 6.61 Å². The number of ether oxygens (including phenoxy) is 1. The fraction of sp³-hybridized carbons (Fsp3) is 0.444. The summed E-state index contributed by atoms with van der Waals surface area (Å²) >= 11 is 0. The third kappa shape index (κ3) is 2.78. The first-order chi connectivity index (χ1) is 5.83. The van der Waals surface area contributed by atoms with Crippen LogP contribution >= 0.6 is 0 Å². The monoisotopic (exact) mass is 167 g/mol. The zero-order valence-electron chi connectivity index (χ0n) is 7.01. The fourth-order valence-corrected chi connectivity index (χ4v) is 1.09. The van der Waals surface area contributed by atoms with Crippen molar-refractivity contribution in [2.24, 2.45) is 0 Å². The molecule has 66 valence electrons. The van der Waals surface area contributed by atoms with Crippen LogP contribution in [0.4, 0.5) is 4.79 Å². The van der Waals surface area contributed by atoms with E-state index in [-0.39, 0.29) is 12.7 Å². The van der Waals surface area contributed by atoms with E-state index in [2.05, 4.69) is 11.9 Å². The van der Waals surface area contributed by atoms with Gasteiger partial charge in [-0.25, -0.2) is 4.79 Å². The molecule has 0 saturated heterocycles. The lowest BCUT2D eigenvalue weighted by atomic mass is 10.3. The van der Waals surface area contributed by atoms with E-state index >= 15 is 0 Å². The van der Waals surface area contributed by atoms with E-state index in [4.69, 9.17) is 4.74 Å². The molecule has 12 heavy (non-hydrogen) atoms. The molecule has 1 amide bonds. The molecule has 0 aromatic carbocycles. The highest BCUT2D eigenvalue weighted by Crippen LogP contribution is 2.14. The molecule has 0 heterocycles. The first kappa shape index (κ1) is 8.84. The lowest BCUT2D eigenvalue weighted by Gasteiger charge is -2.04. The third-order valence-corrected chi connectivity index (χ3v) is 1.64. The second-order valence-corrected chi connectivity index (χ2v) is 2.63. The van der Waals surface area contributed by atoms with Gasteiger partial charge in [-0.1, -0.05) is 18.7 Å². The summed E-state index contributed by atoms with van der Waals surface area (Å²) in [5.74, 6) is 0. The van der Waals surface area contributed by atoms with E-state index in [1.807, 2.05) is 6.08 Å². The number of rotatable bonds is 3. The molecular formula is C9H13NO2. The molecule has 1 aliphatic rings. The van der Waals surface area contributed by atoms with Crippen molar-refractivity contribution in [2.45, 2.75) is 19.3 Å². The van der Waals surface area contributed by atoms with Gasteiger partial charge < -0.3 is 4.74 Å². The minimum atomic E-state index is -0.386. The van der Waals surface area contributed by atoms with Gasteiger partial charge in [-0.15, -0.1) is 0 Å². The molecule has 3 nitrogen and oxygen atoms in total. The first-order valence-electron chi connectivity index (χ1n) is 4.06. The van der Waals surface area contributed by atoms with Crippen LogP contribution in [0.25, 0.3) is 0 Å². The van der Waals surface area contributed by atoms with Crippen molar-refractivity contribution in [3.05, 3.63) is 24.4 Å². The molecule has 0 fully saturated rings. The zero-order valence-corrected chi connectivity index (χ0v) is 7.01. The minimum absolute atomic E-state index is 0.263. The number of allylic oxidation sites excluding steroid dienone is 2. The Morgan fingerprint density at radius 3 is 3.25 bits per heavy atom. The summed E-state index contributed by atoms with van der Waals surface area (Å²) in [6, 6.07) is 0. The van der Waals surface area contributed by atoms with Crippen LogP contribution in [0.5, 0.6) is 0 Å². The Balaban J connectivity index is 2.21. The van der Waals surface area contributed by atoms with Gasteiger partial charge in [0.15, 0.2) is 0 Å². The van der Waals surface area contributed by atoms with Crippen molar-refractivity contribution in [3.63, 3.8) is 0 Å². The van der Waals surface area contributed by atoms with Crippen LogP contribution in [-0.4, -0.2) is 12.7 Å². The molecule has 0 radical (unpaired) electrons. The quantitative estimate of drug-likeness (QED) is 0.652. The number of nitrogens with one attached hydrogen (secondary N) is 1. The summed E-state index contributed by atoms with van der Waals surface area (Å²) in [6.45, 7) is 3.71. The summed E-state index contributed by atoms with van der Waals surface area (Å²) in [4.78, 5) is 10.9. The molecule has 0 saturated carbocycles. The van der Waals surface area contributed by atoms with Gasteiger partial charge in [0.2, 0.25) is 0 Å². The Morgan fingerprint density at radius 1 is 1.83 bits per heavy atom. The molecule has 1 aliphatic carbocycles. The van der Waals surface area contributed by atoms with Crippen LogP contribution in [0.1, 0.15) is 19.3 Å². The Hall–Kier alpha value is -1.25. The van der Waals surface area contributed by atoms with Crippen LogP contribution in [0, 0.1) is 0 Å². The number of hydrogen-bond donors (Lipinski definition) is 1. The molecule has 0 unspecified atom stereocenters. The van der Waals surface area contributed by atoms with Gasteiger partial charge in [0.1, 0.15) is 6.61 Å².